The minimum Gasteiger partial charge on any atom is -0.480 e. The van der Waals surface area contributed by atoms with Crippen LogP contribution in [-0.4, -0.2) is 53.8 Å². The Balaban J connectivity index is 2.43. The minimum atomic E-state index is -0.930. The van der Waals surface area contributed by atoms with Gasteiger partial charge in [-0.1, -0.05) is 6.92 Å². The molecule has 0 aromatic heterocycles. The molecule has 6 nitrogen and oxygen atoms in total. The number of urea groups is 1. The van der Waals surface area contributed by atoms with Gasteiger partial charge < -0.3 is 20.1 Å². The van der Waals surface area contributed by atoms with Crippen molar-refractivity contribution in [2.75, 3.05) is 19.7 Å². The van der Waals surface area contributed by atoms with Gasteiger partial charge in [0.25, 0.3) is 0 Å². The predicted molar refractivity (Wildman–Crippen MR) is 71.0 cm³/mol. The smallest absolute Gasteiger partial charge is 0.326 e. The molecule has 2 atom stereocenters. The van der Waals surface area contributed by atoms with Gasteiger partial charge in [-0.25, -0.2) is 9.59 Å². The number of carbonyl (C=O) groups is 2. The highest BCUT2D eigenvalue weighted by molar-refractivity contribution is 5.82. The molecule has 0 aromatic carbocycles. The number of likely N-dealkylation sites (tertiary alicyclic amines) is 1. The van der Waals surface area contributed by atoms with Crippen molar-refractivity contribution in [1.29, 1.82) is 0 Å². The third-order valence-electron chi connectivity index (χ3n) is 3.24. The summed E-state index contributed by atoms with van der Waals surface area (Å²) >= 11 is 0. The fraction of sp³-hybridized carbons (Fsp3) is 0.846. The number of hydrogen-bond donors (Lipinski definition) is 2. The molecule has 0 bridgehead atoms. The van der Waals surface area contributed by atoms with Crippen LogP contribution < -0.4 is 5.32 Å². The number of carboxylic acid groups (broad SMARTS) is 1. The van der Waals surface area contributed by atoms with Crippen LogP contribution in [0.15, 0.2) is 0 Å². The van der Waals surface area contributed by atoms with E-state index in [-0.39, 0.29) is 12.1 Å². The maximum atomic E-state index is 12.0. The zero-order valence-corrected chi connectivity index (χ0v) is 11.9. The lowest BCUT2D eigenvalue weighted by Crippen LogP contribution is -2.53. The molecule has 0 spiro atoms. The number of piperidine rings is 1. The fourth-order valence-corrected chi connectivity index (χ4v) is 2.17. The van der Waals surface area contributed by atoms with Gasteiger partial charge in [-0.3, -0.25) is 0 Å². The van der Waals surface area contributed by atoms with Crippen molar-refractivity contribution >= 4 is 12.0 Å². The molecular formula is C13H24N2O4. The Hall–Kier alpha value is -1.30. The number of carbonyl (C=O) groups excluding carboxylic acids is 1. The van der Waals surface area contributed by atoms with Crippen molar-refractivity contribution in [3.63, 3.8) is 0 Å². The lowest BCUT2D eigenvalue weighted by molar-refractivity contribution is -0.143. The highest BCUT2D eigenvalue weighted by Gasteiger charge is 2.34. The Morgan fingerprint density at radius 3 is 2.74 bits per heavy atom. The molecule has 1 aliphatic heterocycles. The Morgan fingerprint density at radius 2 is 2.16 bits per heavy atom. The van der Waals surface area contributed by atoms with Crippen molar-refractivity contribution in [2.24, 2.45) is 5.92 Å². The lowest BCUT2D eigenvalue weighted by atomic mass is 9.93. The monoisotopic (exact) mass is 272 g/mol. The van der Waals surface area contributed by atoms with E-state index in [1.807, 2.05) is 20.8 Å². The Bertz CT molecular complexity index is 320. The number of amides is 2. The molecule has 2 unspecified atom stereocenters. The zero-order chi connectivity index (χ0) is 14.4. The number of ether oxygens (including phenoxy) is 1. The first kappa shape index (κ1) is 15.8. The van der Waals surface area contributed by atoms with E-state index >= 15 is 0 Å². The molecule has 1 aliphatic rings. The van der Waals surface area contributed by atoms with Crippen molar-refractivity contribution in [3.8, 4) is 0 Å². The minimum absolute atomic E-state index is 0.125. The second-order valence-corrected chi connectivity index (χ2v) is 5.33. The molecule has 1 rings (SSSR count). The molecule has 2 N–H and O–H groups in total. The van der Waals surface area contributed by atoms with Gasteiger partial charge in [0.1, 0.15) is 6.04 Å². The van der Waals surface area contributed by atoms with Crippen LogP contribution in [0, 0.1) is 5.92 Å². The SMILES string of the molecule is CC1CCN(C(=O)NCCOC(C)C)C(C(=O)O)C1. The van der Waals surface area contributed by atoms with E-state index in [0.717, 1.165) is 6.42 Å². The molecule has 1 heterocycles. The lowest BCUT2D eigenvalue weighted by Gasteiger charge is -2.35. The van der Waals surface area contributed by atoms with Gasteiger partial charge in [0.2, 0.25) is 0 Å². The highest BCUT2D eigenvalue weighted by Crippen LogP contribution is 2.22. The fourth-order valence-electron chi connectivity index (χ4n) is 2.17. The largest absolute Gasteiger partial charge is 0.480 e. The predicted octanol–water partition coefficient (Wildman–Crippen LogP) is 1.31. The van der Waals surface area contributed by atoms with Crippen molar-refractivity contribution in [2.45, 2.75) is 45.8 Å². The molecule has 0 saturated carbocycles. The summed E-state index contributed by atoms with van der Waals surface area (Å²) in [6.07, 6.45) is 1.49. The van der Waals surface area contributed by atoms with Crippen LogP contribution in [0.1, 0.15) is 33.6 Å². The van der Waals surface area contributed by atoms with Gasteiger partial charge in [-0.05, 0) is 32.6 Å². The molecule has 110 valence electrons. The average molecular weight is 272 g/mol. The topological polar surface area (TPSA) is 78.9 Å². The van der Waals surface area contributed by atoms with E-state index in [9.17, 15) is 14.7 Å². The summed E-state index contributed by atoms with van der Waals surface area (Å²) in [5.41, 5.74) is 0. The molecular weight excluding hydrogens is 248 g/mol. The molecule has 1 saturated heterocycles. The van der Waals surface area contributed by atoms with Crippen LogP contribution in [0.2, 0.25) is 0 Å². The first-order chi connectivity index (χ1) is 8.91. The summed E-state index contributed by atoms with van der Waals surface area (Å²) in [5.74, 6) is -0.588. The zero-order valence-electron chi connectivity index (χ0n) is 11.9. The summed E-state index contributed by atoms with van der Waals surface area (Å²) < 4.78 is 5.32. The molecule has 19 heavy (non-hydrogen) atoms. The van der Waals surface area contributed by atoms with Crippen LogP contribution in [-0.2, 0) is 9.53 Å². The molecule has 6 heteroatoms. The molecule has 0 aromatic rings. The quantitative estimate of drug-likeness (QED) is 0.740. The van der Waals surface area contributed by atoms with Crippen LogP contribution in [0.3, 0.4) is 0 Å². The van der Waals surface area contributed by atoms with E-state index in [2.05, 4.69) is 5.32 Å². The second-order valence-electron chi connectivity index (χ2n) is 5.33. The van der Waals surface area contributed by atoms with Crippen LogP contribution in [0.4, 0.5) is 4.79 Å². The maximum Gasteiger partial charge on any atom is 0.326 e. The third kappa shape index (κ3) is 5.06. The number of carboxylic acids is 1. The van der Waals surface area contributed by atoms with Crippen molar-refractivity contribution in [3.05, 3.63) is 0 Å². The molecule has 0 radical (unpaired) electrons. The standard InChI is InChI=1S/C13H24N2O4/c1-9(2)19-7-5-14-13(18)15-6-4-10(3)8-11(15)12(16)17/h9-11H,4-8H2,1-3H3,(H,14,18)(H,16,17). The summed E-state index contributed by atoms with van der Waals surface area (Å²) in [7, 11) is 0. The average Bonchev–Trinajstić information content (AvgIpc) is 2.33. The molecule has 1 fully saturated rings. The normalized spacial score (nSPS) is 23.5. The molecule has 2 amide bonds. The van der Waals surface area contributed by atoms with E-state index in [4.69, 9.17) is 4.74 Å². The first-order valence-corrected chi connectivity index (χ1v) is 6.80. The van der Waals surface area contributed by atoms with E-state index in [1.165, 1.54) is 4.90 Å². The third-order valence-corrected chi connectivity index (χ3v) is 3.24. The van der Waals surface area contributed by atoms with Gasteiger partial charge >= 0.3 is 12.0 Å². The van der Waals surface area contributed by atoms with Gasteiger partial charge in [0.15, 0.2) is 0 Å². The van der Waals surface area contributed by atoms with E-state index in [1.54, 1.807) is 0 Å². The first-order valence-electron chi connectivity index (χ1n) is 6.80. The van der Waals surface area contributed by atoms with Crippen LogP contribution >= 0.6 is 0 Å². The highest BCUT2D eigenvalue weighted by atomic mass is 16.5. The summed E-state index contributed by atoms with van der Waals surface area (Å²) in [6.45, 7) is 7.19. The van der Waals surface area contributed by atoms with Gasteiger partial charge in [-0.15, -0.1) is 0 Å². The maximum absolute atomic E-state index is 12.0. The van der Waals surface area contributed by atoms with Crippen LogP contribution in [0.5, 0.6) is 0 Å². The number of rotatable bonds is 5. The Labute approximate surface area is 114 Å². The van der Waals surface area contributed by atoms with Gasteiger partial charge in [0.05, 0.1) is 12.7 Å². The Morgan fingerprint density at radius 1 is 1.47 bits per heavy atom. The number of aliphatic carboxylic acids is 1. The number of nitrogens with zero attached hydrogens (tertiary/aromatic N) is 1. The summed E-state index contributed by atoms with van der Waals surface area (Å²) in [6, 6.07) is -1.03. The van der Waals surface area contributed by atoms with Crippen LogP contribution in [0.25, 0.3) is 0 Å². The van der Waals surface area contributed by atoms with Crippen molar-refractivity contribution < 1.29 is 19.4 Å². The van der Waals surface area contributed by atoms with Gasteiger partial charge in [-0.2, -0.15) is 0 Å². The van der Waals surface area contributed by atoms with E-state index in [0.29, 0.717) is 32.0 Å². The second kappa shape index (κ2) is 7.33. The van der Waals surface area contributed by atoms with Crippen molar-refractivity contribution in [1.82, 2.24) is 10.2 Å². The molecule has 0 aliphatic carbocycles. The number of hydrogen-bond acceptors (Lipinski definition) is 3. The summed E-state index contributed by atoms with van der Waals surface area (Å²) in [5, 5.41) is 11.9. The van der Waals surface area contributed by atoms with E-state index < -0.39 is 12.0 Å². The van der Waals surface area contributed by atoms with Gasteiger partial charge in [0, 0.05) is 13.1 Å². The number of nitrogens with one attached hydrogen (secondary N) is 1. The summed E-state index contributed by atoms with van der Waals surface area (Å²) in [4.78, 5) is 24.6. The Kier molecular flexibility index (Phi) is 6.08.